The highest BCUT2D eigenvalue weighted by atomic mass is 19.4. The zero-order valence-electron chi connectivity index (χ0n) is 21.6. The van der Waals surface area contributed by atoms with E-state index in [1.54, 1.807) is 69.6 Å². The van der Waals surface area contributed by atoms with Crippen molar-refractivity contribution in [3.63, 3.8) is 0 Å². The molecule has 2 heterocycles. The molecule has 2 aromatic heterocycles. The van der Waals surface area contributed by atoms with E-state index < -0.39 is 23.6 Å². The van der Waals surface area contributed by atoms with E-state index in [1.165, 1.54) is 22.8 Å². The molecule has 2 aromatic carbocycles. The van der Waals surface area contributed by atoms with Gasteiger partial charge in [0.2, 0.25) is 0 Å². The van der Waals surface area contributed by atoms with Gasteiger partial charge in [-0.15, -0.1) is 0 Å². The lowest BCUT2D eigenvalue weighted by molar-refractivity contribution is -0.137. The minimum absolute atomic E-state index is 0.0366. The molecule has 0 fully saturated rings. The monoisotopic (exact) mass is 524 g/mol. The number of amides is 1. The Kier molecular flexibility index (Phi) is 7.17. The average Bonchev–Trinajstić information content (AvgIpc) is 3.33. The SMILES string of the molecule is CCOC(=O)c1c(C)nn(-c2ccc(NC(=O)c3cc(C)n(-c4ccccc4C(F)(F)F)c3C)cc2)c1C. The number of hydrogen-bond acceptors (Lipinski definition) is 4. The first-order valence-corrected chi connectivity index (χ1v) is 11.9. The molecule has 198 valence electrons. The lowest BCUT2D eigenvalue weighted by Gasteiger charge is -2.16. The van der Waals surface area contributed by atoms with Crippen molar-refractivity contribution >= 4 is 17.6 Å². The van der Waals surface area contributed by atoms with E-state index >= 15 is 0 Å². The van der Waals surface area contributed by atoms with Gasteiger partial charge in [-0.25, -0.2) is 9.48 Å². The molecule has 7 nitrogen and oxygen atoms in total. The summed E-state index contributed by atoms with van der Waals surface area (Å²) in [5.41, 5.74) is 3.10. The molecule has 0 saturated heterocycles. The Morgan fingerprint density at radius 3 is 2.26 bits per heavy atom. The Morgan fingerprint density at radius 1 is 0.974 bits per heavy atom. The van der Waals surface area contributed by atoms with Crippen molar-refractivity contribution < 1.29 is 27.5 Å². The highest BCUT2D eigenvalue weighted by Crippen LogP contribution is 2.35. The van der Waals surface area contributed by atoms with Gasteiger partial charge in [-0.2, -0.15) is 18.3 Å². The maximum Gasteiger partial charge on any atom is 0.418 e. The van der Waals surface area contributed by atoms with Crippen LogP contribution < -0.4 is 5.32 Å². The summed E-state index contributed by atoms with van der Waals surface area (Å²) < 4.78 is 49.0. The van der Waals surface area contributed by atoms with E-state index in [0.29, 0.717) is 39.7 Å². The summed E-state index contributed by atoms with van der Waals surface area (Å²) in [5, 5.41) is 7.25. The van der Waals surface area contributed by atoms with Crippen molar-refractivity contribution in [2.75, 3.05) is 11.9 Å². The fourth-order valence-electron chi connectivity index (χ4n) is 4.55. The molecule has 0 saturated carbocycles. The minimum atomic E-state index is -4.54. The zero-order valence-corrected chi connectivity index (χ0v) is 21.6. The molecule has 4 rings (SSSR count). The number of halogens is 3. The number of ether oxygens (including phenoxy) is 1. The molecule has 10 heteroatoms. The number of para-hydroxylation sites is 1. The number of rotatable bonds is 6. The maximum absolute atomic E-state index is 13.6. The number of anilines is 1. The number of nitrogens with zero attached hydrogens (tertiary/aromatic N) is 3. The van der Waals surface area contributed by atoms with E-state index in [1.807, 2.05) is 0 Å². The second kappa shape index (κ2) is 10.2. The fourth-order valence-corrected chi connectivity index (χ4v) is 4.55. The molecular formula is C28H27F3N4O3. The Bertz CT molecular complexity index is 1520. The summed E-state index contributed by atoms with van der Waals surface area (Å²) >= 11 is 0. The third-order valence-corrected chi connectivity index (χ3v) is 6.27. The Balaban J connectivity index is 1.59. The van der Waals surface area contributed by atoms with Crippen LogP contribution in [0.2, 0.25) is 0 Å². The average molecular weight is 525 g/mol. The van der Waals surface area contributed by atoms with Crippen LogP contribution in [0.15, 0.2) is 54.6 Å². The van der Waals surface area contributed by atoms with Crippen LogP contribution in [0.1, 0.15) is 56.0 Å². The van der Waals surface area contributed by atoms with E-state index in [9.17, 15) is 22.8 Å². The molecule has 0 aliphatic heterocycles. The second-order valence-electron chi connectivity index (χ2n) is 8.81. The summed E-state index contributed by atoms with van der Waals surface area (Å²) in [5.74, 6) is -0.884. The third-order valence-electron chi connectivity index (χ3n) is 6.27. The summed E-state index contributed by atoms with van der Waals surface area (Å²) in [6.07, 6.45) is -4.54. The van der Waals surface area contributed by atoms with Gasteiger partial charge in [-0.1, -0.05) is 12.1 Å². The summed E-state index contributed by atoms with van der Waals surface area (Å²) in [7, 11) is 0. The first-order valence-electron chi connectivity index (χ1n) is 11.9. The number of carbonyl (C=O) groups excluding carboxylic acids is 2. The van der Waals surface area contributed by atoms with Crippen molar-refractivity contribution in [2.24, 2.45) is 0 Å². The van der Waals surface area contributed by atoms with Gasteiger partial charge in [-0.05, 0) is 77.1 Å². The lowest BCUT2D eigenvalue weighted by atomic mass is 10.1. The van der Waals surface area contributed by atoms with Crippen molar-refractivity contribution in [1.82, 2.24) is 14.3 Å². The molecule has 1 amide bonds. The Labute approximate surface area is 217 Å². The van der Waals surface area contributed by atoms with Gasteiger partial charge in [0, 0.05) is 17.1 Å². The summed E-state index contributed by atoms with van der Waals surface area (Å²) in [6, 6.07) is 13.7. The van der Waals surface area contributed by atoms with E-state index in [-0.39, 0.29) is 17.9 Å². The zero-order chi connectivity index (χ0) is 27.8. The first-order chi connectivity index (χ1) is 17.9. The lowest BCUT2D eigenvalue weighted by Crippen LogP contribution is -2.15. The molecule has 0 radical (unpaired) electrons. The van der Waals surface area contributed by atoms with Crippen LogP contribution in [-0.2, 0) is 10.9 Å². The number of carbonyl (C=O) groups is 2. The smallest absolute Gasteiger partial charge is 0.418 e. The quantitative estimate of drug-likeness (QED) is 0.299. The highest BCUT2D eigenvalue weighted by Gasteiger charge is 2.34. The summed E-state index contributed by atoms with van der Waals surface area (Å²) in [6.45, 7) is 8.77. The molecule has 1 N–H and O–H groups in total. The van der Waals surface area contributed by atoms with Crippen molar-refractivity contribution in [2.45, 2.75) is 40.8 Å². The number of aromatic nitrogens is 3. The largest absolute Gasteiger partial charge is 0.462 e. The topological polar surface area (TPSA) is 78.2 Å². The van der Waals surface area contributed by atoms with Gasteiger partial charge in [0.25, 0.3) is 5.91 Å². The maximum atomic E-state index is 13.6. The molecule has 0 spiro atoms. The van der Waals surface area contributed by atoms with Gasteiger partial charge < -0.3 is 14.6 Å². The van der Waals surface area contributed by atoms with Gasteiger partial charge >= 0.3 is 12.1 Å². The highest BCUT2D eigenvalue weighted by molar-refractivity contribution is 6.05. The van der Waals surface area contributed by atoms with Gasteiger partial charge in [-0.3, -0.25) is 4.79 Å². The molecule has 0 aliphatic rings. The van der Waals surface area contributed by atoms with Crippen molar-refractivity contribution in [3.05, 3.63) is 94.1 Å². The van der Waals surface area contributed by atoms with Crippen LogP contribution in [0, 0.1) is 27.7 Å². The van der Waals surface area contributed by atoms with Crippen LogP contribution in [0.3, 0.4) is 0 Å². The van der Waals surface area contributed by atoms with Gasteiger partial charge in [0.05, 0.1) is 40.5 Å². The van der Waals surface area contributed by atoms with Crippen LogP contribution in [0.4, 0.5) is 18.9 Å². The fraction of sp³-hybridized carbons (Fsp3) is 0.250. The third kappa shape index (κ3) is 4.93. The molecule has 0 aliphatic carbocycles. The van der Waals surface area contributed by atoms with E-state index in [2.05, 4.69) is 10.4 Å². The number of hydrogen-bond donors (Lipinski definition) is 1. The van der Waals surface area contributed by atoms with Crippen LogP contribution >= 0.6 is 0 Å². The number of alkyl halides is 3. The van der Waals surface area contributed by atoms with E-state index in [4.69, 9.17) is 4.74 Å². The number of nitrogens with one attached hydrogen (secondary N) is 1. The first kappa shape index (κ1) is 26.7. The number of benzene rings is 2. The van der Waals surface area contributed by atoms with Crippen LogP contribution in [0.5, 0.6) is 0 Å². The van der Waals surface area contributed by atoms with Gasteiger partial charge in [0.1, 0.15) is 5.56 Å². The minimum Gasteiger partial charge on any atom is -0.462 e. The predicted molar refractivity (Wildman–Crippen MR) is 137 cm³/mol. The predicted octanol–water partition coefficient (Wildman–Crippen LogP) is 6.34. The van der Waals surface area contributed by atoms with Crippen LogP contribution in [-0.4, -0.2) is 32.8 Å². The molecule has 0 unspecified atom stereocenters. The van der Waals surface area contributed by atoms with Crippen molar-refractivity contribution in [3.8, 4) is 11.4 Å². The Hall–Kier alpha value is -4.34. The van der Waals surface area contributed by atoms with Gasteiger partial charge in [0.15, 0.2) is 0 Å². The number of esters is 1. The van der Waals surface area contributed by atoms with Crippen molar-refractivity contribution in [1.29, 1.82) is 0 Å². The normalized spacial score (nSPS) is 11.5. The molecule has 38 heavy (non-hydrogen) atoms. The number of aryl methyl sites for hydroxylation is 2. The molecular weight excluding hydrogens is 497 g/mol. The molecule has 0 atom stereocenters. The molecule has 0 bridgehead atoms. The summed E-state index contributed by atoms with van der Waals surface area (Å²) in [4.78, 5) is 25.4. The standard InChI is InChI=1S/C28H27F3N4O3/c1-6-38-27(37)25-17(3)33-35(19(25)5)21-13-11-20(12-14-21)32-26(36)22-15-16(2)34(18(22)4)24-10-8-7-9-23(24)28(29,30)31/h7-15H,6H2,1-5H3,(H,32,36). The van der Waals surface area contributed by atoms with Crippen LogP contribution in [0.25, 0.3) is 11.4 Å². The Morgan fingerprint density at radius 2 is 1.63 bits per heavy atom. The molecule has 4 aromatic rings. The van der Waals surface area contributed by atoms with E-state index in [0.717, 1.165) is 6.07 Å². The second-order valence-corrected chi connectivity index (χ2v) is 8.81.